The second-order valence-corrected chi connectivity index (χ2v) is 5.52. The smallest absolute Gasteiger partial charge is 0.256 e. The second-order valence-electron chi connectivity index (χ2n) is 5.52. The molecule has 24 heavy (non-hydrogen) atoms. The Hall–Kier alpha value is -3.40. The molecule has 2 aromatic carbocycles. The van der Waals surface area contributed by atoms with Gasteiger partial charge in [-0.3, -0.25) is 4.79 Å². The summed E-state index contributed by atoms with van der Waals surface area (Å²) >= 11 is 0. The van der Waals surface area contributed by atoms with Crippen LogP contribution in [0.1, 0.15) is 10.4 Å². The SMILES string of the molecule is O=C(Nc1cc2cc(-c3ccccc3)cn2cn1)c1ccccc1. The molecule has 4 heteroatoms. The van der Waals surface area contributed by atoms with Crippen LogP contribution in [0.5, 0.6) is 0 Å². The molecule has 4 rings (SSSR count). The third-order valence-electron chi connectivity index (χ3n) is 3.87. The number of amides is 1. The predicted molar refractivity (Wildman–Crippen MR) is 95.0 cm³/mol. The largest absolute Gasteiger partial charge is 0.307 e. The molecule has 0 fully saturated rings. The molecule has 0 unspecified atom stereocenters. The molecule has 2 heterocycles. The monoisotopic (exact) mass is 313 g/mol. The number of aromatic nitrogens is 2. The molecule has 2 aromatic heterocycles. The Kier molecular flexibility index (Phi) is 3.56. The quantitative estimate of drug-likeness (QED) is 0.614. The normalized spacial score (nSPS) is 10.7. The van der Waals surface area contributed by atoms with E-state index in [0.29, 0.717) is 11.4 Å². The number of rotatable bonds is 3. The predicted octanol–water partition coefficient (Wildman–Crippen LogP) is 4.25. The fourth-order valence-corrected chi connectivity index (χ4v) is 2.65. The molecule has 0 bridgehead atoms. The summed E-state index contributed by atoms with van der Waals surface area (Å²) < 4.78 is 1.94. The van der Waals surface area contributed by atoms with Crippen molar-refractivity contribution < 1.29 is 4.79 Å². The fraction of sp³-hybridized carbons (Fsp3) is 0. The number of fused-ring (bicyclic) bond motifs is 1. The molecular weight excluding hydrogens is 298 g/mol. The molecule has 0 saturated carbocycles. The summed E-state index contributed by atoms with van der Waals surface area (Å²) in [6.07, 6.45) is 3.74. The Morgan fingerprint density at radius 3 is 2.33 bits per heavy atom. The van der Waals surface area contributed by atoms with Gasteiger partial charge in [0.05, 0.1) is 5.52 Å². The van der Waals surface area contributed by atoms with Crippen LogP contribution in [0.4, 0.5) is 5.82 Å². The lowest BCUT2D eigenvalue weighted by atomic mass is 10.1. The van der Waals surface area contributed by atoms with Gasteiger partial charge in [-0.2, -0.15) is 0 Å². The number of nitrogens with one attached hydrogen (secondary N) is 1. The van der Waals surface area contributed by atoms with Gasteiger partial charge in [-0.15, -0.1) is 0 Å². The zero-order valence-corrected chi connectivity index (χ0v) is 12.9. The van der Waals surface area contributed by atoms with Gasteiger partial charge in [0, 0.05) is 23.4 Å². The number of nitrogens with zero attached hydrogens (tertiary/aromatic N) is 2. The summed E-state index contributed by atoms with van der Waals surface area (Å²) in [6.45, 7) is 0. The Labute approximate surface area is 139 Å². The van der Waals surface area contributed by atoms with E-state index in [9.17, 15) is 4.79 Å². The minimum atomic E-state index is -0.165. The van der Waals surface area contributed by atoms with Crippen LogP contribution in [-0.4, -0.2) is 15.3 Å². The molecule has 0 aliphatic carbocycles. The van der Waals surface area contributed by atoms with Gasteiger partial charge >= 0.3 is 0 Å². The van der Waals surface area contributed by atoms with E-state index in [-0.39, 0.29) is 5.91 Å². The molecule has 0 aliphatic rings. The van der Waals surface area contributed by atoms with Gasteiger partial charge in [0.25, 0.3) is 5.91 Å². The first kappa shape index (κ1) is 14.2. The number of anilines is 1. The van der Waals surface area contributed by atoms with Crippen molar-refractivity contribution in [1.82, 2.24) is 9.38 Å². The zero-order chi connectivity index (χ0) is 16.4. The van der Waals surface area contributed by atoms with Crippen molar-refractivity contribution in [1.29, 1.82) is 0 Å². The van der Waals surface area contributed by atoms with Crippen LogP contribution in [0, 0.1) is 0 Å². The summed E-state index contributed by atoms with van der Waals surface area (Å²) in [7, 11) is 0. The minimum Gasteiger partial charge on any atom is -0.307 e. The van der Waals surface area contributed by atoms with Gasteiger partial charge in [0.2, 0.25) is 0 Å². The molecular formula is C20H15N3O. The van der Waals surface area contributed by atoms with Crippen LogP contribution >= 0.6 is 0 Å². The lowest BCUT2D eigenvalue weighted by Crippen LogP contribution is -2.12. The molecule has 1 amide bonds. The second kappa shape index (κ2) is 6.01. The number of hydrogen-bond donors (Lipinski definition) is 1. The van der Waals surface area contributed by atoms with Crippen molar-refractivity contribution in [2.24, 2.45) is 0 Å². The van der Waals surface area contributed by atoms with Crippen molar-refractivity contribution >= 4 is 17.2 Å². The lowest BCUT2D eigenvalue weighted by Gasteiger charge is -2.04. The van der Waals surface area contributed by atoms with E-state index in [1.54, 1.807) is 18.5 Å². The van der Waals surface area contributed by atoms with Gasteiger partial charge < -0.3 is 9.72 Å². The number of benzene rings is 2. The molecule has 116 valence electrons. The highest BCUT2D eigenvalue weighted by Crippen LogP contribution is 2.23. The highest BCUT2D eigenvalue weighted by molar-refractivity contribution is 6.03. The average molecular weight is 313 g/mol. The fourth-order valence-electron chi connectivity index (χ4n) is 2.65. The van der Waals surface area contributed by atoms with E-state index in [4.69, 9.17) is 0 Å². The third kappa shape index (κ3) is 2.77. The van der Waals surface area contributed by atoms with Crippen LogP contribution in [0.25, 0.3) is 16.6 Å². The first-order chi connectivity index (χ1) is 11.8. The summed E-state index contributed by atoms with van der Waals surface area (Å²) in [6, 6.07) is 23.2. The van der Waals surface area contributed by atoms with E-state index >= 15 is 0 Å². The van der Waals surface area contributed by atoms with Crippen molar-refractivity contribution in [3.63, 3.8) is 0 Å². The summed E-state index contributed by atoms with van der Waals surface area (Å²) in [4.78, 5) is 16.5. The lowest BCUT2D eigenvalue weighted by molar-refractivity contribution is 0.102. The first-order valence-electron chi connectivity index (χ1n) is 7.69. The molecule has 0 atom stereocenters. The Morgan fingerprint density at radius 2 is 1.58 bits per heavy atom. The zero-order valence-electron chi connectivity index (χ0n) is 12.9. The highest BCUT2D eigenvalue weighted by Gasteiger charge is 2.08. The van der Waals surface area contributed by atoms with Gasteiger partial charge in [-0.05, 0) is 23.8 Å². The standard InChI is InChI=1S/C20H15N3O/c24-20(16-9-5-2-6-10-16)22-19-12-18-11-17(13-23(18)14-21-19)15-7-3-1-4-8-15/h1-14H,(H,22,24). The van der Waals surface area contributed by atoms with Crippen molar-refractivity contribution in [3.05, 3.63) is 90.9 Å². The average Bonchev–Trinajstić information content (AvgIpc) is 3.06. The summed E-state index contributed by atoms with van der Waals surface area (Å²) in [5, 5.41) is 2.84. The van der Waals surface area contributed by atoms with Gasteiger partial charge in [-0.1, -0.05) is 48.5 Å². The van der Waals surface area contributed by atoms with Crippen LogP contribution in [0.15, 0.2) is 85.3 Å². The van der Waals surface area contributed by atoms with Crippen molar-refractivity contribution in [3.8, 4) is 11.1 Å². The molecule has 4 aromatic rings. The van der Waals surface area contributed by atoms with Crippen LogP contribution in [-0.2, 0) is 0 Å². The van der Waals surface area contributed by atoms with E-state index in [2.05, 4.69) is 28.5 Å². The molecule has 4 nitrogen and oxygen atoms in total. The van der Waals surface area contributed by atoms with E-state index < -0.39 is 0 Å². The van der Waals surface area contributed by atoms with Crippen LogP contribution in [0.2, 0.25) is 0 Å². The van der Waals surface area contributed by atoms with Crippen molar-refractivity contribution in [2.45, 2.75) is 0 Å². The minimum absolute atomic E-state index is 0.165. The number of carbonyl (C=O) groups is 1. The van der Waals surface area contributed by atoms with Crippen LogP contribution < -0.4 is 5.32 Å². The van der Waals surface area contributed by atoms with Gasteiger partial charge in [0.15, 0.2) is 0 Å². The Balaban J connectivity index is 1.63. The molecule has 0 radical (unpaired) electrons. The maximum Gasteiger partial charge on any atom is 0.256 e. The highest BCUT2D eigenvalue weighted by atomic mass is 16.1. The molecule has 0 saturated heterocycles. The molecule has 0 spiro atoms. The van der Waals surface area contributed by atoms with Crippen molar-refractivity contribution in [2.75, 3.05) is 5.32 Å². The third-order valence-corrected chi connectivity index (χ3v) is 3.87. The topological polar surface area (TPSA) is 46.4 Å². The maximum atomic E-state index is 12.2. The Bertz CT molecular complexity index is 991. The van der Waals surface area contributed by atoms with E-state index in [0.717, 1.165) is 16.6 Å². The summed E-state index contributed by atoms with van der Waals surface area (Å²) in [5.74, 6) is 0.372. The van der Waals surface area contributed by atoms with Gasteiger partial charge in [-0.25, -0.2) is 4.98 Å². The Morgan fingerprint density at radius 1 is 0.875 bits per heavy atom. The van der Waals surface area contributed by atoms with E-state index in [1.165, 1.54) is 0 Å². The van der Waals surface area contributed by atoms with E-state index in [1.807, 2.05) is 53.1 Å². The molecule has 0 aliphatic heterocycles. The number of hydrogen-bond acceptors (Lipinski definition) is 2. The first-order valence-corrected chi connectivity index (χ1v) is 7.69. The number of carbonyl (C=O) groups excluding carboxylic acids is 1. The molecule has 1 N–H and O–H groups in total. The maximum absolute atomic E-state index is 12.2. The summed E-state index contributed by atoms with van der Waals surface area (Å²) in [5.41, 5.74) is 3.85. The van der Waals surface area contributed by atoms with Gasteiger partial charge in [0.1, 0.15) is 12.1 Å². The van der Waals surface area contributed by atoms with Crippen LogP contribution in [0.3, 0.4) is 0 Å².